The second-order valence-corrected chi connectivity index (χ2v) is 6.26. The predicted molar refractivity (Wildman–Crippen MR) is 73.9 cm³/mol. The van der Waals surface area contributed by atoms with Crippen molar-refractivity contribution in [1.82, 2.24) is 0 Å². The molecule has 4 aliphatic rings. The summed E-state index contributed by atoms with van der Waals surface area (Å²) in [6.45, 7) is 2.20. The van der Waals surface area contributed by atoms with Crippen LogP contribution in [0.25, 0.3) is 0 Å². The van der Waals surface area contributed by atoms with Gasteiger partial charge in [-0.15, -0.1) is 0 Å². The Balaban J connectivity index is 1.87. The van der Waals surface area contributed by atoms with Crippen molar-refractivity contribution in [2.45, 2.75) is 37.4 Å². The van der Waals surface area contributed by atoms with Crippen LogP contribution in [0.4, 0.5) is 0 Å². The zero-order valence-corrected chi connectivity index (χ0v) is 11.3. The third-order valence-electron chi connectivity index (χ3n) is 5.52. The number of rotatable bonds is 1. The number of fused-ring (bicyclic) bond motifs is 1. The minimum Gasteiger partial charge on any atom is -0.504 e. The van der Waals surface area contributed by atoms with Crippen molar-refractivity contribution < 1.29 is 14.9 Å². The zero-order chi connectivity index (χ0) is 13.6. The van der Waals surface area contributed by atoms with Crippen LogP contribution in [0.2, 0.25) is 0 Å². The summed E-state index contributed by atoms with van der Waals surface area (Å²) < 4.78 is 6.00. The summed E-state index contributed by atoms with van der Waals surface area (Å²) >= 11 is 0. The Kier molecular flexibility index (Phi) is 1.71. The lowest BCUT2D eigenvalue weighted by Crippen LogP contribution is -2.40. The van der Waals surface area contributed by atoms with E-state index in [1.807, 2.05) is 12.1 Å². The van der Waals surface area contributed by atoms with Gasteiger partial charge >= 0.3 is 0 Å². The van der Waals surface area contributed by atoms with Gasteiger partial charge in [-0.1, -0.05) is 30.7 Å². The maximum absolute atomic E-state index is 10.3. The van der Waals surface area contributed by atoms with Gasteiger partial charge in [0.2, 0.25) is 0 Å². The van der Waals surface area contributed by atoms with E-state index >= 15 is 0 Å². The number of aromatic hydroxyl groups is 1. The van der Waals surface area contributed by atoms with Gasteiger partial charge in [0.25, 0.3) is 0 Å². The Bertz CT molecular complexity index is 715. The molecule has 0 aromatic heterocycles. The average molecular weight is 268 g/mol. The summed E-state index contributed by atoms with van der Waals surface area (Å²) in [7, 11) is 0. The maximum atomic E-state index is 10.3. The molecule has 1 aromatic carbocycles. The van der Waals surface area contributed by atoms with Crippen LogP contribution < -0.4 is 4.74 Å². The van der Waals surface area contributed by atoms with Crippen molar-refractivity contribution >= 4 is 0 Å². The first kappa shape index (κ1) is 11.0. The molecule has 0 bridgehead atoms. The fourth-order valence-corrected chi connectivity index (χ4v) is 4.75. The highest BCUT2D eigenvalue weighted by molar-refractivity contribution is 5.75. The number of hydrogen-bond donors (Lipinski definition) is 2. The van der Waals surface area contributed by atoms with Crippen LogP contribution in [0, 0.1) is 5.92 Å². The van der Waals surface area contributed by atoms with E-state index in [0.717, 1.165) is 18.4 Å². The minimum atomic E-state index is -0.598. The van der Waals surface area contributed by atoms with E-state index < -0.39 is 6.10 Å². The fraction of sp³-hybridized carbons (Fsp3) is 0.412. The lowest BCUT2D eigenvalue weighted by atomic mass is 9.77. The van der Waals surface area contributed by atoms with Crippen LogP contribution in [0.1, 0.15) is 24.5 Å². The molecule has 3 heteroatoms. The summed E-state index contributed by atoms with van der Waals surface area (Å²) in [5, 5.41) is 20.4. The van der Waals surface area contributed by atoms with Crippen LogP contribution >= 0.6 is 0 Å². The number of allylic oxidation sites excluding steroid dienone is 2. The average Bonchev–Trinajstić information content (AvgIpc) is 2.98. The van der Waals surface area contributed by atoms with Crippen LogP contribution in [0.3, 0.4) is 0 Å². The number of phenolic OH excluding ortho intramolecular Hbond substituents is 1. The van der Waals surface area contributed by atoms with E-state index in [0.29, 0.717) is 11.7 Å². The number of ether oxygens (including phenoxy) is 1. The SMILES string of the molecule is CCC1=C2C3C=CC(O)C4Oc5c(O)ccc(c5C234)C1. The molecule has 20 heavy (non-hydrogen) atoms. The molecule has 4 unspecified atom stereocenters. The van der Waals surface area contributed by atoms with E-state index in [2.05, 4.69) is 13.0 Å². The third kappa shape index (κ3) is 0.917. The molecule has 0 saturated heterocycles. The molecule has 3 nitrogen and oxygen atoms in total. The van der Waals surface area contributed by atoms with E-state index in [4.69, 9.17) is 4.74 Å². The Labute approximate surface area is 117 Å². The highest BCUT2D eigenvalue weighted by Crippen LogP contribution is 2.74. The molecule has 0 radical (unpaired) electrons. The van der Waals surface area contributed by atoms with Crippen molar-refractivity contribution in [3.8, 4) is 11.5 Å². The van der Waals surface area contributed by atoms with Crippen molar-refractivity contribution in [3.63, 3.8) is 0 Å². The first-order valence-corrected chi connectivity index (χ1v) is 7.30. The van der Waals surface area contributed by atoms with E-state index in [-0.39, 0.29) is 17.3 Å². The molecule has 1 aliphatic heterocycles. The quantitative estimate of drug-likeness (QED) is 0.768. The fourth-order valence-electron chi connectivity index (χ4n) is 4.75. The largest absolute Gasteiger partial charge is 0.504 e. The molecule has 1 saturated carbocycles. The second-order valence-electron chi connectivity index (χ2n) is 6.26. The highest BCUT2D eigenvalue weighted by atomic mass is 16.5. The molecular formula is C17H16O3. The number of phenols is 1. The van der Waals surface area contributed by atoms with Gasteiger partial charge in [-0.05, 0) is 30.0 Å². The monoisotopic (exact) mass is 268 g/mol. The molecule has 1 heterocycles. The minimum absolute atomic E-state index is 0.179. The van der Waals surface area contributed by atoms with Gasteiger partial charge in [0.15, 0.2) is 11.5 Å². The molecule has 1 fully saturated rings. The van der Waals surface area contributed by atoms with Gasteiger partial charge in [-0.2, -0.15) is 0 Å². The number of hydrogen-bond acceptors (Lipinski definition) is 3. The van der Waals surface area contributed by atoms with Crippen LogP contribution in [0.5, 0.6) is 11.5 Å². The normalized spacial score (nSPS) is 38.4. The molecule has 4 atom stereocenters. The number of aliphatic hydroxyl groups excluding tert-OH is 1. The standard InChI is InChI=1S/C17H16O3/c1-2-8-7-9-3-5-11(18)15-14(9)17-10(13(8)17)4-6-12(19)16(17)20-15/h3-6,10,12,16,18-19H,2,7H2,1H3. The van der Waals surface area contributed by atoms with Crippen molar-refractivity contribution in [1.29, 1.82) is 0 Å². The molecule has 1 aromatic rings. The lowest BCUT2D eigenvalue weighted by Gasteiger charge is -2.27. The lowest BCUT2D eigenvalue weighted by molar-refractivity contribution is 0.0540. The molecule has 2 N–H and O–H groups in total. The molecule has 5 rings (SSSR count). The molecule has 0 amide bonds. The van der Waals surface area contributed by atoms with Gasteiger partial charge in [0.05, 0.1) is 5.41 Å². The molecule has 102 valence electrons. The molecular weight excluding hydrogens is 252 g/mol. The Hall–Kier alpha value is -1.74. The summed E-state index contributed by atoms with van der Waals surface area (Å²) in [5.74, 6) is 1.16. The zero-order valence-electron chi connectivity index (χ0n) is 11.3. The first-order valence-electron chi connectivity index (χ1n) is 7.30. The van der Waals surface area contributed by atoms with Gasteiger partial charge in [-0.3, -0.25) is 0 Å². The maximum Gasteiger partial charge on any atom is 0.166 e. The summed E-state index contributed by atoms with van der Waals surface area (Å²) in [5.41, 5.74) is 5.14. The van der Waals surface area contributed by atoms with Crippen LogP contribution in [0.15, 0.2) is 35.4 Å². The van der Waals surface area contributed by atoms with Crippen LogP contribution in [-0.2, 0) is 11.8 Å². The van der Waals surface area contributed by atoms with Gasteiger partial charge in [0.1, 0.15) is 12.2 Å². The Morgan fingerprint density at radius 1 is 1.35 bits per heavy atom. The van der Waals surface area contributed by atoms with Crippen molar-refractivity contribution in [2.24, 2.45) is 5.92 Å². The van der Waals surface area contributed by atoms with Crippen molar-refractivity contribution in [2.75, 3.05) is 0 Å². The van der Waals surface area contributed by atoms with E-state index in [1.54, 1.807) is 6.07 Å². The van der Waals surface area contributed by atoms with Crippen molar-refractivity contribution in [3.05, 3.63) is 46.6 Å². The first-order chi connectivity index (χ1) is 9.69. The topological polar surface area (TPSA) is 49.7 Å². The predicted octanol–water partition coefficient (Wildman–Crippen LogP) is 2.21. The Morgan fingerprint density at radius 2 is 2.20 bits per heavy atom. The third-order valence-corrected chi connectivity index (χ3v) is 5.52. The molecule has 1 spiro atoms. The van der Waals surface area contributed by atoms with Gasteiger partial charge < -0.3 is 14.9 Å². The smallest absolute Gasteiger partial charge is 0.166 e. The summed E-state index contributed by atoms with van der Waals surface area (Å²) in [4.78, 5) is 0. The number of aliphatic hydroxyl groups is 1. The van der Waals surface area contributed by atoms with E-state index in [1.165, 1.54) is 16.7 Å². The second kappa shape index (κ2) is 3.12. The van der Waals surface area contributed by atoms with Gasteiger partial charge in [0, 0.05) is 11.5 Å². The summed E-state index contributed by atoms with van der Waals surface area (Å²) in [6, 6.07) is 3.73. The highest BCUT2D eigenvalue weighted by Gasteiger charge is 2.74. The van der Waals surface area contributed by atoms with Crippen LogP contribution in [-0.4, -0.2) is 22.4 Å². The van der Waals surface area contributed by atoms with Gasteiger partial charge in [-0.25, -0.2) is 0 Å². The molecule has 3 aliphatic carbocycles. The number of benzene rings is 1. The van der Waals surface area contributed by atoms with E-state index in [9.17, 15) is 10.2 Å². The Morgan fingerprint density at radius 3 is 3.00 bits per heavy atom. The summed E-state index contributed by atoms with van der Waals surface area (Å²) in [6.07, 6.45) is 5.11.